The second-order valence-electron chi connectivity index (χ2n) is 7.72. The van der Waals surface area contributed by atoms with E-state index in [1.165, 1.54) is 11.6 Å². The molecule has 0 radical (unpaired) electrons. The lowest BCUT2D eigenvalue weighted by atomic mass is 10.0. The summed E-state index contributed by atoms with van der Waals surface area (Å²) in [7, 11) is 0. The van der Waals surface area contributed by atoms with Gasteiger partial charge in [-0.25, -0.2) is 0 Å². The van der Waals surface area contributed by atoms with Gasteiger partial charge in [0.05, 0.1) is 31.6 Å². The molecule has 0 atom stereocenters. The molecule has 2 aromatic carbocycles. The lowest BCUT2D eigenvalue weighted by Crippen LogP contribution is -2.07. The number of nitrogens with one attached hydrogen (secondary N) is 1. The van der Waals surface area contributed by atoms with Crippen molar-refractivity contribution in [2.45, 2.75) is 40.2 Å². The van der Waals surface area contributed by atoms with E-state index in [0.29, 0.717) is 31.4 Å². The lowest BCUT2D eigenvalue weighted by Gasteiger charge is -2.12. The largest absolute Gasteiger partial charge is 0.490 e. The van der Waals surface area contributed by atoms with Gasteiger partial charge in [0.25, 0.3) is 0 Å². The number of carbonyl (C=O) groups is 1. The fourth-order valence-corrected chi connectivity index (χ4v) is 3.24. The smallest absolute Gasteiger partial charge is 0.248 e. The van der Waals surface area contributed by atoms with Crippen LogP contribution in [0.4, 0.5) is 5.69 Å². The van der Waals surface area contributed by atoms with Crippen LogP contribution in [0.25, 0.3) is 6.08 Å². The highest BCUT2D eigenvalue weighted by Gasteiger charge is 2.08. The molecule has 6 heteroatoms. The van der Waals surface area contributed by atoms with E-state index in [1.807, 2.05) is 44.2 Å². The van der Waals surface area contributed by atoms with Gasteiger partial charge in [-0.1, -0.05) is 44.2 Å². The fraction of sp³-hybridized carbons (Fsp3) is 0.308. The van der Waals surface area contributed by atoms with Crippen LogP contribution >= 0.6 is 0 Å². The van der Waals surface area contributed by atoms with Gasteiger partial charge < -0.3 is 14.8 Å². The molecule has 0 unspecified atom stereocenters. The van der Waals surface area contributed by atoms with Crippen molar-refractivity contribution in [3.8, 4) is 11.5 Å². The number of anilines is 1. The van der Waals surface area contributed by atoms with Crippen molar-refractivity contribution in [2.75, 3.05) is 18.5 Å². The first kappa shape index (κ1) is 23.1. The predicted molar refractivity (Wildman–Crippen MR) is 128 cm³/mol. The molecule has 3 rings (SSSR count). The molecule has 1 heterocycles. The Bertz CT molecular complexity index is 1050. The van der Waals surface area contributed by atoms with Crippen LogP contribution in [0.5, 0.6) is 11.5 Å². The molecule has 0 spiro atoms. The Morgan fingerprint density at radius 3 is 2.47 bits per heavy atom. The number of hydrogen-bond acceptors (Lipinski definition) is 4. The minimum Gasteiger partial charge on any atom is -0.490 e. The van der Waals surface area contributed by atoms with E-state index in [9.17, 15) is 4.79 Å². The quantitative estimate of drug-likeness (QED) is 0.429. The van der Waals surface area contributed by atoms with E-state index in [0.717, 1.165) is 22.6 Å². The third kappa shape index (κ3) is 6.48. The van der Waals surface area contributed by atoms with E-state index < -0.39 is 0 Å². The molecule has 0 aliphatic carbocycles. The summed E-state index contributed by atoms with van der Waals surface area (Å²) in [6, 6.07) is 14.1. The number of carbonyl (C=O) groups excluding carboxylic acids is 1. The van der Waals surface area contributed by atoms with Crippen LogP contribution in [0.2, 0.25) is 0 Å². The molecule has 1 amide bonds. The molecule has 0 saturated heterocycles. The van der Waals surface area contributed by atoms with Crippen molar-refractivity contribution in [2.24, 2.45) is 0 Å². The minimum absolute atomic E-state index is 0.197. The van der Waals surface area contributed by atoms with Crippen molar-refractivity contribution < 1.29 is 14.3 Å². The highest BCUT2D eigenvalue weighted by Crippen LogP contribution is 2.29. The van der Waals surface area contributed by atoms with E-state index in [4.69, 9.17) is 9.47 Å². The van der Waals surface area contributed by atoms with Crippen LogP contribution in [-0.2, 0) is 11.3 Å². The third-order valence-corrected chi connectivity index (χ3v) is 4.88. The molecule has 168 valence electrons. The first-order valence-electron chi connectivity index (χ1n) is 11.0. The molecule has 32 heavy (non-hydrogen) atoms. The predicted octanol–water partition coefficient (Wildman–Crippen LogP) is 5.50. The van der Waals surface area contributed by atoms with Gasteiger partial charge >= 0.3 is 0 Å². The van der Waals surface area contributed by atoms with Gasteiger partial charge in [0.2, 0.25) is 5.91 Å². The van der Waals surface area contributed by atoms with Crippen LogP contribution in [0.3, 0.4) is 0 Å². The Morgan fingerprint density at radius 2 is 1.78 bits per heavy atom. The Balaban J connectivity index is 1.59. The molecular formula is C26H31N3O3. The summed E-state index contributed by atoms with van der Waals surface area (Å²) in [5, 5.41) is 7.20. The number of ether oxygens (including phenoxy) is 2. The molecule has 0 fully saturated rings. The lowest BCUT2D eigenvalue weighted by molar-refractivity contribution is -0.111. The number of aromatic nitrogens is 2. The molecule has 0 bridgehead atoms. The van der Waals surface area contributed by atoms with E-state index in [2.05, 4.69) is 36.4 Å². The Morgan fingerprint density at radius 1 is 1.06 bits per heavy atom. The van der Waals surface area contributed by atoms with E-state index >= 15 is 0 Å². The first-order chi connectivity index (χ1) is 15.5. The topological polar surface area (TPSA) is 65.4 Å². The fourth-order valence-electron chi connectivity index (χ4n) is 3.24. The van der Waals surface area contributed by atoms with Crippen molar-refractivity contribution >= 4 is 17.7 Å². The van der Waals surface area contributed by atoms with Gasteiger partial charge in [0.1, 0.15) is 0 Å². The summed E-state index contributed by atoms with van der Waals surface area (Å²) < 4.78 is 13.1. The Hall–Kier alpha value is -3.54. The third-order valence-electron chi connectivity index (χ3n) is 4.88. The summed E-state index contributed by atoms with van der Waals surface area (Å²) in [6.45, 7) is 9.91. The van der Waals surface area contributed by atoms with E-state index in [1.54, 1.807) is 23.2 Å². The molecule has 6 nitrogen and oxygen atoms in total. The van der Waals surface area contributed by atoms with Crippen LogP contribution in [-0.4, -0.2) is 28.9 Å². The summed E-state index contributed by atoms with van der Waals surface area (Å²) >= 11 is 0. The summed E-state index contributed by atoms with van der Waals surface area (Å²) in [5.74, 6) is 1.75. The number of benzene rings is 2. The Labute approximate surface area is 189 Å². The zero-order chi connectivity index (χ0) is 22.9. The minimum atomic E-state index is -0.197. The van der Waals surface area contributed by atoms with Gasteiger partial charge in [-0.05, 0) is 54.7 Å². The normalized spacial score (nSPS) is 11.2. The first-order valence-corrected chi connectivity index (χ1v) is 11.0. The molecule has 1 N–H and O–H groups in total. The zero-order valence-electron chi connectivity index (χ0n) is 19.2. The average molecular weight is 434 g/mol. The molecule has 0 aliphatic rings. The summed E-state index contributed by atoms with van der Waals surface area (Å²) in [4.78, 5) is 12.3. The van der Waals surface area contributed by atoms with Crippen LogP contribution < -0.4 is 14.8 Å². The van der Waals surface area contributed by atoms with Crippen molar-refractivity contribution in [3.63, 3.8) is 0 Å². The van der Waals surface area contributed by atoms with Crippen molar-refractivity contribution in [1.29, 1.82) is 0 Å². The standard InChI is InChI=1S/C26H31N3O3/c1-5-31-24-13-9-21(15-25(24)32-6-2)17-29-18-23(16-27-29)28-26(30)14-10-20-7-11-22(12-8-20)19(3)4/h7-16,18-19H,5-6,17H2,1-4H3,(H,28,30)/b14-10+. The number of amides is 1. The SMILES string of the molecule is CCOc1ccc(Cn2cc(NC(=O)/C=C/c3ccc(C(C)C)cc3)cn2)cc1OCC. The maximum Gasteiger partial charge on any atom is 0.248 e. The molecule has 1 aromatic heterocycles. The van der Waals surface area contributed by atoms with Crippen molar-refractivity contribution in [1.82, 2.24) is 9.78 Å². The van der Waals surface area contributed by atoms with Gasteiger partial charge in [-0.2, -0.15) is 5.10 Å². The average Bonchev–Trinajstić information content (AvgIpc) is 3.21. The summed E-state index contributed by atoms with van der Waals surface area (Å²) in [6.07, 6.45) is 6.78. The monoisotopic (exact) mass is 433 g/mol. The number of nitrogens with zero attached hydrogens (tertiary/aromatic N) is 2. The van der Waals surface area contributed by atoms with Gasteiger partial charge in [0.15, 0.2) is 11.5 Å². The van der Waals surface area contributed by atoms with Crippen LogP contribution in [0, 0.1) is 0 Å². The van der Waals surface area contributed by atoms with Crippen LogP contribution in [0.1, 0.15) is 50.3 Å². The maximum atomic E-state index is 12.3. The maximum absolute atomic E-state index is 12.3. The van der Waals surface area contributed by atoms with Gasteiger partial charge in [-0.15, -0.1) is 0 Å². The zero-order valence-corrected chi connectivity index (χ0v) is 19.2. The Kier molecular flexibility index (Phi) is 8.08. The van der Waals surface area contributed by atoms with E-state index in [-0.39, 0.29) is 5.91 Å². The van der Waals surface area contributed by atoms with Crippen LogP contribution in [0.15, 0.2) is 60.9 Å². The second kappa shape index (κ2) is 11.2. The van der Waals surface area contributed by atoms with Crippen molar-refractivity contribution in [3.05, 3.63) is 77.6 Å². The van der Waals surface area contributed by atoms with Gasteiger partial charge in [-0.3, -0.25) is 9.48 Å². The number of hydrogen-bond donors (Lipinski definition) is 1. The molecule has 0 aliphatic heterocycles. The second-order valence-corrected chi connectivity index (χ2v) is 7.72. The summed E-state index contributed by atoms with van der Waals surface area (Å²) in [5.41, 5.74) is 3.94. The molecule has 3 aromatic rings. The molecular weight excluding hydrogens is 402 g/mol. The van der Waals surface area contributed by atoms with Gasteiger partial charge in [0, 0.05) is 12.3 Å². The number of rotatable bonds is 10. The highest BCUT2D eigenvalue weighted by atomic mass is 16.5. The highest BCUT2D eigenvalue weighted by molar-refractivity contribution is 6.01. The molecule has 0 saturated carbocycles.